The zero-order valence-electron chi connectivity index (χ0n) is 13.2. The highest BCUT2D eigenvalue weighted by Gasteiger charge is 2.24. The highest BCUT2D eigenvalue weighted by Crippen LogP contribution is 2.22. The molecule has 1 heterocycles. The Bertz CT molecular complexity index is 596. The van der Waals surface area contributed by atoms with Crippen LogP contribution < -0.4 is 4.74 Å². The van der Waals surface area contributed by atoms with Crippen LogP contribution in [0, 0.1) is 15.9 Å². The number of hydrogen-bond acceptors (Lipinski definition) is 5. The van der Waals surface area contributed by atoms with Crippen molar-refractivity contribution in [3.8, 4) is 5.75 Å². The van der Waals surface area contributed by atoms with E-state index in [1.54, 1.807) is 11.8 Å². The van der Waals surface area contributed by atoms with Crippen LogP contribution in [0.15, 0.2) is 18.2 Å². The van der Waals surface area contributed by atoms with Gasteiger partial charge in [0.1, 0.15) is 6.61 Å². The Balaban J connectivity index is 1.83. The molecule has 0 aromatic heterocycles. The molecular formula is C15H20FN3O4. The molecule has 2 rings (SSSR count). The SMILES string of the molecule is CC(=O)N1CCN(CCOc2ccc([N+](=O)[O-])cc2F)[C@@H](C)C1. The van der Waals surface area contributed by atoms with E-state index in [0.29, 0.717) is 19.6 Å². The molecule has 0 radical (unpaired) electrons. The summed E-state index contributed by atoms with van der Waals surface area (Å²) in [4.78, 5) is 25.2. The van der Waals surface area contributed by atoms with Crippen molar-refractivity contribution in [2.75, 3.05) is 32.8 Å². The van der Waals surface area contributed by atoms with Gasteiger partial charge >= 0.3 is 0 Å². The molecule has 7 nitrogen and oxygen atoms in total. The van der Waals surface area contributed by atoms with E-state index in [4.69, 9.17) is 4.74 Å². The topological polar surface area (TPSA) is 75.9 Å². The van der Waals surface area contributed by atoms with Crippen LogP contribution in [0.1, 0.15) is 13.8 Å². The summed E-state index contributed by atoms with van der Waals surface area (Å²) in [5, 5.41) is 10.6. The van der Waals surface area contributed by atoms with Crippen LogP contribution in [0.2, 0.25) is 0 Å². The molecule has 1 saturated heterocycles. The van der Waals surface area contributed by atoms with E-state index in [0.717, 1.165) is 12.6 Å². The van der Waals surface area contributed by atoms with Gasteiger partial charge in [-0.1, -0.05) is 0 Å². The number of carbonyl (C=O) groups excluding carboxylic acids is 1. The third-order valence-corrected chi connectivity index (χ3v) is 3.97. The molecule has 0 spiro atoms. The summed E-state index contributed by atoms with van der Waals surface area (Å²) in [6.07, 6.45) is 0. The van der Waals surface area contributed by atoms with Gasteiger partial charge in [-0.15, -0.1) is 0 Å². The average Bonchev–Trinajstić information content (AvgIpc) is 2.49. The third kappa shape index (κ3) is 4.38. The van der Waals surface area contributed by atoms with E-state index in [9.17, 15) is 19.3 Å². The number of nitro groups is 1. The number of nitro benzene ring substituents is 1. The first kappa shape index (κ1) is 17.1. The van der Waals surface area contributed by atoms with Gasteiger partial charge in [0.25, 0.3) is 5.69 Å². The van der Waals surface area contributed by atoms with Gasteiger partial charge in [-0.05, 0) is 13.0 Å². The van der Waals surface area contributed by atoms with Crippen molar-refractivity contribution in [3.05, 3.63) is 34.1 Å². The molecular weight excluding hydrogens is 305 g/mol. The van der Waals surface area contributed by atoms with E-state index in [1.807, 2.05) is 6.92 Å². The van der Waals surface area contributed by atoms with Crippen LogP contribution >= 0.6 is 0 Å². The van der Waals surface area contributed by atoms with Gasteiger partial charge in [0.05, 0.1) is 11.0 Å². The number of amides is 1. The standard InChI is InChI=1S/C15H20FN3O4/c1-11-10-18(12(2)20)6-5-17(11)7-8-23-15-4-3-13(19(21)22)9-14(15)16/h3-4,9,11H,5-8,10H2,1-2H3/t11-/m0/s1. The molecule has 0 bridgehead atoms. The second-order valence-corrected chi connectivity index (χ2v) is 5.57. The number of carbonyl (C=O) groups is 1. The van der Waals surface area contributed by atoms with Gasteiger partial charge in [0.2, 0.25) is 5.91 Å². The van der Waals surface area contributed by atoms with E-state index in [-0.39, 0.29) is 30.0 Å². The molecule has 8 heteroatoms. The molecule has 1 aromatic carbocycles. The lowest BCUT2D eigenvalue weighted by atomic mass is 10.2. The van der Waals surface area contributed by atoms with Gasteiger partial charge < -0.3 is 9.64 Å². The predicted molar refractivity (Wildman–Crippen MR) is 81.8 cm³/mol. The number of non-ortho nitro benzene ring substituents is 1. The maximum absolute atomic E-state index is 13.7. The Morgan fingerprint density at radius 2 is 2.22 bits per heavy atom. The first-order valence-corrected chi connectivity index (χ1v) is 7.45. The monoisotopic (exact) mass is 325 g/mol. The van der Waals surface area contributed by atoms with Crippen molar-refractivity contribution in [2.24, 2.45) is 0 Å². The normalized spacial score (nSPS) is 18.7. The number of hydrogen-bond donors (Lipinski definition) is 0. The van der Waals surface area contributed by atoms with Crippen molar-refractivity contribution in [3.63, 3.8) is 0 Å². The van der Waals surface area contributed by atoms with Crippen molar-refractivity contribution < 1.29 is 18.8 Å². The zero-order valence-corrected chi connectivity index (χ0v) is 13.2. The lowest BCUT2D eigenvalue weighted by molar-refractivity contribution is -0.385. The zero-order chi connectivity index (χ0) is 17.0. The van der Waals surface area contributed by atoms with Crippen molar-refractivity contribution in [1.29, 1.82) is 0 Å². The molecule has 1 aliphatic rings. The largest absolute Gasteiger partial charge is 0.489 e. The molecule has 0 saturated carbocycles. The van der Waals surface area contributed by atoms with Crippen LogP contribution in [0.25, 0.3) is 0 Å². The van der Waals surface area contributed by atoms with Crippen LogP contribution in [-0.2, 0) is 4.79 Å². The molecule has 23 heavy (non-hydrogen) atoms. The van der Waals surface area contributed by atoms with Crippen molar-refractivity contribution >= 4 is 11.6 Å². The van der Waals surface area contributed by atoms with Crippen LogP contribution in [0.4, 0.5) is 10.1 Å². The minimum Gasteiger partial charge on any atom is -0.489 e. The minimum atomic E-state index is -0.742. The highest BCUT2D eigenvalue weighted by molar-refractivity contribution is 5.73. The third-order valence-electron chi connectivity index (χ3n) is 3.97. The predicted octanol–water partition coefficient (Wildman–Crippen LogP) is 1.67. The summed E-state index contributed by atoms with van der Waals surface area (Å²) in [5.74, 6) is -0.667. The first-order valence-electron chi connectivity index (χ1n) is 7.45. The van der Waals surface area contributed by atoms with Gasteiger partial charge in [0, 0.05) is 45.2 Å². The summed E-state index contributed by atoms with van der Waals surface area (Å²) >= 11 is 0. The Morgan fingerprint density at radius 3 is 2.78 bits per heavy atom. The fraction of sp³-hybridized carbons (Fsp3) is 0.533. The minimum absolute atomic E-state index is 0.00521. The van der Waals surface area contributed by atoms with Gasteiger partial charge in [-0.2, -0.15) is 0 Å². The number of piperazine rings is 1. The molecule has 1 fully saturated rings. The number of nitrogens with zero attached hydrogens (tertiary/aromatic N) is 3. The van der Waals surface area contributed by atoms with Crippen LogP contribution in [0.5, 0.6) is 5.75 Å². The molecule has 0 N–H and O–H groups in total. The van der Waals surface area contributed by atoms with Crippen LogP contribution in [-0.4, -0.2) is 59.5 Å². The van der Waals surface area contributed by atoms with Gasteiger partial charge in [-0.25, -0.2) is 4.39 Å². The quantitative estimate of drug-likeness (QED) is 0.608. The Kier molecular flexibility index (Phi) is 5.49. The molecule has 1 amide bonds. The second kappa shape index (κ2) is 7.36. The van der Waals surface area contributed by atoms with Crippen LogP contribution in [0.3, 0.4) is 0 Å². The number of benzene rings is 1. The Morgan fingerprint density at radius 1 is 1.48 bits per heavy atom. The molecule has 0 aliphatic carbocycles. The fourth-order valence-electron chi connectivity index (χ4n) is 2.61. The molecule has 1 atom stereocenters. The van der Waals surface area contributed by atoms with E-state index < -0.39 is 10.7 Å². The molecule has 0 unspecified atom stereocenters. The number of ether oxygens (including phenoxy) is 1. The maximum atomic E-state index is 13.7. The molecule has 1 aromatic rings. The maximum Gasteiger partial charge on any atom is 0.272 e. The van der Waals surface area contributed by atoms with Gasteiger partial charge in [-0.3, -0.25) is 19.8 Å². The first-order chi connectivity index (χ1) is 10.9. The molecule has 126 valence electrons. The van der Waals surface area contributed by atoms with Gasteiger partial charge in [0.15, 0.2) is 11.6 Å². The van der Waals surface area contributed by atoms with Crippen molar-refractivity contribution in [2.45, 2.75) is 19.9 Å². The van der Waals surface area contributed by atoms with E-state index >= 15 is 0 Å². The number of halogens is 1. The molecule has 1 aliphatic heterocycles. The number of rotatable bonds is 5. The summed E-state index contributed by atoms with van der Waals surface area (Å²) < 4.78 is 19.1. The smallest absolute Gasteiger partial charge is 0.272 e. The summed E-state index contributed by atoms with van der Waals surface area (Å²) in [6, 6.07) is 3.54. The highest BCUT2D eigenvalue weighted by atomic mass is 19.1. The van der Waals surface area contributed by atoms with Crippen molar-refractivity contribution in [1.82, 2.24) is 9.80 Å². The average molecular weight is 325 g/mol. The Hall–Kier alpha value is -2.22. The van der Waals surface area contributed by atoms with E-state index in [2.05, 4.69) is 4.90 Å². The van der Waals surface area contributed by atoms with E-state index in [1.165, 1.54) is 12.1 Å². The Labute approximate surface area is 133 Å². The summed E-state index contributed by atoms with van der Waals surface area (Å²) in [5.41, 5.74) is -0.302. The fourth-order valence-corrected chi connectivity index (χ4v) is 2.61. The lowest BCUT2D eigenvalue weighted by Gasteiger charge is -2.39. The second-order valence-electron chi connectivity index (χ2n) is 5.57. The lowest BCUT2D eigenvalue weighted by Crippen LogP contribution is -2.53. The summed E-state index contributed by atoms with van der Waals surface area (Å²) in [6.45, 7) is 6.55. The summed E-state index contributed by atoms with van der Waals surface area (Å²) in [7, 11) is 0.